The Morgan fingerprint density at radius 3 is 2.59 bits per heavy atom. The van der Waals surface area contributed by atoms with E-state index in [1.54, 1.807) is 29.8 Å². The van der Waals surface area contributed by atoms with E-state index >= 15 is 0 Å². The van der Waals surface area contributed by atoms with Gasteiger partial charge in [-0.1, -0.05) is 17.7 Å². The average molecular weight is 315 g/mol. The molecule has 0 aliphatic rings. The van der Waals surface area contributed by atoms with Crippen molar-refractivity contribution in [1.29, 1.82) is 0 Å². The molecule has 1 aromatic carbocycles. The van der Waals surface area contributed by atoms with Crippen molar-refractivity contribution in [2.45, 2.75) is 0 Å². The lowest BCUT2D eigenvalue weighted by Gasteiger charge is -2.06. The van der Waals surface area contributed by atoms with Gasteiger partial charge in [0, 0.05) is 17.2 Å². The minimum Gasteiger partial charge on any atom is -0.477 e. The number of carbonyl (C=O) groups is 1. The van der Waals surface area contributed by atoms with Crippen molar-refractivity contribution in [3.05, 3.63) is 45.5 Å². The summed E-state index contributed by atoms with van der Waals surface area (Å²) in [5, 5.41) is 9.57. The van der Waals surface area contributed by atoms with Crippen LogP contribution in [-0.4, -0.2) is 15.6 Å². The van der Waals surface area contributed by atoms with Gasteiger partial charge in [-0.15, -0.1) is 0 Å². The van der Waals surface area contributed by atoms with Crippen molar-refractivity contribution in [1.82, 2.24) is 4.57 Å². The molecule has 0 atom stereocenters. The van der Waals surface area contributed by atoms with Crippen molar-refractivity contribution < 1.29 is 9.90 Å². The van der Waals surface area contributed by atoms with Crippen LogP contribution in [0.1, 0.15) is 10.5 Å². The third-order valence-electron chi connectivity index (χ3n) is 2.56. The van der Waals surface area contributed by atoms with E-state index in [0.29, 0.717) is 5.02 Å². The molecule has 17 heavy (non-hydrogen) atoms. The van der Waals surface area contributed by atoms with Gasteiger partial charge < -0.3 is 9.67 Å². The smallest absolute Gasteiger partial charge is 0.352 e. The van der Waals surface area contributed by atoms with Crippen molar-refractivity contribution in [3.63, 3.8) is 0 Å². The topological polar surface area (TPSA) is 42.2 Å². The second-order valence-electron chi connectivity index (χ2n) is 3.60. The summed E-state index contributed by atoms with van der Waals surface area (Å²) in [6.45, 7) is 0. The van der Waals surface area contributed by atoms with E-state index in [0.717, 1.165) is 15.7 Å². The average Bonchev–Trinajstić information content (AvgIpc) is 2.64. The lowest BCUT2D eigenvalue weighted by Crippen LogP contribution is -2.04. The van der Waals surface area contributed by atoms with Crippen molar-refractivity contribution >= 4 is 33.5 Å². The number of benzene rings is 1. The van der Waals surface area contributed by atoms with Gasteiger partial charge in [0.1, 0.15) is 5.69 Å². The third-order valence-corrected chi connectivity index (χ3v) is 3.79. The summed E-state index contributed by atoms with van der Waals surface area (Å²) >= 11 is 9.33. The minimum absolute atomic E-state index is 0.249. The van der Waals surface area contributed by atoms with E-state index in [1.807, 2.05) is 12.1 Å². The number of aromatic nitrogens is 1. The molecule has 0 fully saturated rings. The highest BCUT2D eigenvalue weighted by atomic mass is 79.9. The maximum absolute atomic E-state index is 10.9. The Bertz CT molecular complexity index is 592. The third kappa shape index (κ3) is 2.23. The lowest BCUT2D eigenvalue weighted by molar-refractivity contribution is 0.0687. The maximum atomic E-state index is 10.9. The number of carboxylic acid groups (broad SMARTS) is 1. The highest BCUT2D eigenvalue weighted by Crippen LogP contribution is 2.29. The van der Waals surface area contributed by atoms with Crippen molar-refractivity contribution in [2.24, 2.45) is 7.05 Å². The number of rotatable bonds is 2. The molecule has 1 heterocycles. The van der Waals surface area contributed by atoms with Crippen LogP contribution in [0.4, 0.5) is 0 Å². The molecule has 5 heteroatoms. The molecule has 1 N–H and O–H groups in total. The monoisotopic (exact) mass is 313 g/mol. The molecule has 2 aromatic rings. The van der Waals surface area contributed by atoms with E-state index in [-0.39, 0.29) is 5.69 Å². The van der Waals surface area contributed by atoms with Crippen LogP contribution < -0.4 is 0 Å². The summed E-state index contributed by atoms with van der Waals surface area (Å²) in [4.78, 5) is 10.9. The van der Waals surface area contributed by atoms with Gasteiger partial charge in [-0.2, -0.15) is 0 Å². The van der Waals surface area contributed by atoms with Gasteiger partial charge in [0.15, 0.2) is 0 Å². The molecule has 2 rings (SSSR count). The normalized spacial score (nSPS) is 10.5. The highest BCUT2D eigenvalue weighted by Gasteiger charge is 2.12. The fourth-order valence-corrected chi connectivity index (χ4v) is 2.10. The fourth-order valence-electron chi connectivity index (χ4n) is 1.67. The quantitative estimate of drug-likeness (QED) is 0.916. The molecule has 0 bridgehead atoms. The zero-order chi connectivity index (χ0) is 12.6. The zero-order valence-corrected chi connectivity index (χ0v) is 11.3. The van der Waals surface area contributed by atoms with E-state index < -0.39 is 5.97 Å². The number of halogens is 2. The van der Waals surface area contributed by atoms with Crippen LogP contribution in [-0.2, 0) is 7.05 Å². The summed E-state index contributed by atoms with van der Waals surface area (Å²) in [5.41, 5.74) is 1.95. The molecule has 0 spiro atoms. The number of hydrogen-bond acceptors (Lipinski definition) is 1. The van der Waals surface area contributed by atoms with E-state index in [2.05, 4.69) is 15.9 Å². The minimum atomic E-state index is -0.943. The van der Waals surface area contributed by atoms with Gasteiger partial charge in [0.05, 0.1) is 5.02 Å². The first-order valence-corrected chi connectivity index (χ1v) is 6.02. The fraction of sp³-hybridized carbons (Fsp3) is 0.0833. The summed E-state index contributed by atoms with van der Waals surface area (Å²) in [6, 6.07) is 8.87. The molecule has 1 aromatic heterocycles. The highest BCUT2D eigenvalue weighted by molar-refractivity contribution is 9.10. The Kier molecular flexibility index (Phi) is 3.26. The molecule has 3 nitrogen and oxygen atoms in total. The standard InChI is InChI=1S/C12H9BrClNO2/c1-15-10(4-5-11(15)12(16)17)7-2-3-8(13)9(14)6-7/h2-6H,1H3,(H,16,17). The molecule has 0 aliphatic carbocycles. The SMILES string of the molecule is Cn1c(C(=O)O)ccc1-c1ccc(Br)c(Cl)c1. The van der Waals surface area contributed by atoms with Gasteiger partial charge >= 0.3 is 5.97 Å². The zero-order valence-electron chi connectivity index (χ0n) is 8.95. The predicted molar refractivity (Wildman–Crippen MR) is 70.5 cm³/mol. The number of carboxylic acids is 1. The molecular formula is C12H9BrClNO2. The molecule has 88 valence electrons. The van der Waals surface area contributed by atoms with Crippen molar-refractivity contribution in [2.75, 3.05) is 0 Å². The Morgan fingerprint density at radius 1 is 1.35 bits per heavy atom. The van der Waals surface area contributed by atoms with Crippen LogP contribution in [0.15, 0.2) is 34.8 Å². The molecule has 0 amide bonds. The largest absolute Gasteiger partial charge is 0.477 e. The van der Waals surface area contributed by atoms with Gasteiger partial charge in [0.2, 0.25) is 0 Å². The Labute approximate surface area is 112 Å². The van der Waals surface area contributed by atoms with Gasteiger partial charge in [-0.3, -0.25) is 0 Å². The van der Waals surface area contributed by atoms with Crippen LogP contribution in [0.5, 0.6) is 0 Å². The van der Waals surface area contributed by atoms with Crippen molar-refractivity contribution in [3.8, 4) is 11.3 Å². The van der Waals surface area contributed by atoms with Crippen LogP contribution in [0.2, 0.25) is 5.02 Å². The molecule has 0 saturated heterocycles. The van der Waals surface area contributed by atoms with Gasteiger partial charge in [-0.05, 0) is 45.8 Å². The summed E-state index contributed by atoms with van der Waals surface area (Å²) in [7, 11) is 1.72. The van der Waals surface area contributed by atoms with Crippen LogP contribution in [0.25, 0.3) is 11.3 Å². The molecular weight excluding hydrogens is 305 g/mol. The molecule has 0 aliphatic heterocycles. The first-order chi connectivity index (χ1) is 8.00. The van der Waals surface area contributed by atoms with E-state index in [1.165, 1.54) is 0 Å². The second kappa shape index (κ2) is 4.55. The number of nitrogens with zero attached hydrogens (tertiary/aromatic N) is 1. The molecule has 0 unspecified atom stereocenters. The van der Waals surface area contributed by atoms with E-state index in [9.17, 15) is 4.79 Å². The second-order valence-corrected chi connectivity index (χ2v) is 4.86. The first kappa shape index (κ1) is 12.2. The van der Waals surface area contributed by atoms with Crippen LogP contribution >= 0.6 is 27.5 Å². The number of aromatic carboxylic acids is 1. The Hall–Kier alpha value is -1.26. The summed E-state index contributed by atoms with van der Waals surface area (Å²) < 4.78 is 2.44. The maximum Gasteiger partial charge on any atom is 0.352 e. The summed E-state index contributed by atoms with van der Waals surface area (Å²) in [5.74, 6) is -0.943. The van der Waals surface area contributed by atoms with Crippen LogP contribution in [0, 0.1) is 0 Å². The van der Waals surface area contributed by atoms with Gasteiger partial charge in [-0.25, -0.2) is 4.79 Å². The van der Waals surface area contributed by atoms with Crippen LogP contribution in [0.3, 0.4) is 0 Å². The first-order valence-electron chi connectivity index (χ1n) is 4.85. The lowest BCUT2D eigenvalue weighted by atomic mass is 10.1. The Balaban J connectivity index is 2.53. The predicted octanol–water partition coefficient (Wildman–Crippen LogP) is 3.81. The number of hydrogen-bond donors (Lipinski definition) is 1. The molecule has 0 radical (unpaired) electrons. The van der Waals surface area contributed by atoms with Gasteiger partial charge in [0.25, 0.3) is 0 Å². The summed E-state index contributed by atoms with van der Waals surface area (Å²) in [6.07, 6.45) is 0. The molecule has 0 saturated carbocycles. The Morgan fingerprint density at radius 2 is 2.06 bits per heavy atom. The van der Waals surface area contributed by atoms with E-state index in [4.69, 9.17) is 16.7 Å².